The predicted molar refractivity (Wildman–Crippen MR) is 75.0 cm³/mol. The van der Waals surface area contributed by atoms with E-state index in [2.05, 4.69) is 16.4 Å². The van der Waals surface area contributed by atoms with Crippen LogP contribution in [-0.2, 0) is 4.79 Å². The molecule has 0 rings (SSSR count). The minimum Gasteiger partial charge on any atom is -0.480 e. The Labute approximate surface area is 115 Å². The van der Waals surface area contributed by atoms with Crippen LogP contribution in [0.15, 0.2) is 0 Å². The monoisotopic (exact) mass is 279 g/mol. The highest BCUT2D eigenvalue weighted by Crippen LogP contribution is 1.89. The summed E-state index contributed by atoms with van der Waals surface area (Å²) in [5, 5.41) is 31.9. The first-order valence-corrected chi connectivity index (χ1v) is 6.65. The third kappa shape index (κ3) is 15.2. The summed E-state index contributed by atoms with van der Waals surface area (Å²) in [7, 11) is 0. The Morgan fingerprint density at radius 1 is 1.05 bits per heavy atom. The number of carbonyl (C=O) groups is 1. The number of hydrogen-bond acceptors (Lipinski definition) is 6. The van der Waals surface area contributed by atoms with Crippen LogP contribution in [-0.4, -0.2) is 66.2 Å². The fourth-order valence-electron chi connectivity index (χ4n) is 1.23. The van der Waals surface area contributed by atoms with Crippen LogP contribution in [0, 0.1) is 0 Å². The summed E-state index contributed by atoms with van der Waals surface area (Å²) in [6, 6.07) is 0.400. The molecule has 0 aliphatic heterocycles. The Morgan fingerprint density at radius 2 is 1.37 bits per heavy atom. The van der Waals surface area contributed by atoms with Gasteiger partial charge in [0.25, 0.3) is 0 Å². The van der Waals surface area contributed by atoms with Crippen LogP contribution in [0.25, 0.3) is 0 Å². The van der Waals surface area contributed by atoms with Crippen molar-refractivity contribution in [3.63, 3.8) is 0 Å². The van der Waals surface area contributed by atoms with Gasteiger partial charge in [0.15, 0.2) is 0 Å². The first-order chi connectivity index (χ1) is 9.05. The predicted octanol–water partition coefficient (Wildman–Crippen LogP) is -1.26. The summed E-state index contributed by atoms with van der Waals surface area (Å²) in [6.45, 7) is 5.85. The van der Waals surface area contributed by atoms with Gasteiger partial charge in [-0.05, 0) is 12.8 Å². The van der Waals surface area contributed by atoms with Crippen LogP contribution in [0.3, 0.4) is 0 Å². The topological polar surface area (TPSA) is 128 Å². The van der Waals surface area contributed by atoms with Gasteiger partial charge in [0, 0.05) is 25.2 Å². The van der Waals surface area contributed by atoms with Crippen LogP contribution >= 0.6 is 0 Å². The van der Waals surface area contributed by atoms with E-state index in [4.69, 9.17) is 15.3 Å². The molecular weight excluding hydrogens is 250 g/mol. The Bertz CT molecular complexity index is 183. The second-order valence-electron chi connectivity index (χ2n) is 4.08. The molecule has 7 nitrogen and oxygen atoms in total. The molecule has 0 aliphatic carbocycles. The lowest BCUT2D eigenvalue weighted by molar-refractivity contribution is -0.135. The number of carboxylic acids is 1. The summed E-state index contributed by atoms with van der Waals surface area (Å²) < 4.78 is 0. The molecule has 0 aromatic rings. The number of carboxylic acid groups (broad SMARTS) is 1. The zero-order chi connectivity index (χ0) is 15.1. The third-order valence-corrected chi connectivity index (χ3v) is 2.59. The summed E-state index contributed by atoms with van der Waals surface area (Å²) >= 11 is 0. The molecule has 0 saturated heterocycles. The summed E-state index contributed by atoms with van der Waals surface area (Å²) in [5.41, 5.74) is 4.57. The van der Waals surface area contributed by atoms with Crippen molar-refractivity contribution in [2.24, 2.45) is 5.73 Å². The van der Waals surface area contributed by atoms with Crippen molar-refractivity contribution in [1.29, 1.82) is 0 Å². The lowest BCUT2D eigenvalue weighted by Crippen LogP contribution is -2.40. The molecule has 0 bridgehead atoms. The van der Waals surface area contributed by atoms with E-state index < -0.39 is 5.97 Å². The highest BCUT2D eigenvalue weighted by Gasteiger charge is 2.04. The van der Waals surface area contributed by atoms with Crippen molar-refractivity contribution in [2.75, 3.05) is 32.8 Å². The zero-order valence-electron chi connectivity index (χ0n) is 11.9. The van der Waals surface area contributed by atoms with Crippen molar-refractivity contribution in [2.45, 2.75) is 38.8 Å². The van der Waals surface area contributed by atoms with Crippen molar-refractivity contribution in [3.8, 4) is 0 Å². The highest BCUT2D eigenvalue weighted by molar-refractivity contribution is 5.68. The van der Waals surface area contributed by atoms with Gasteiger partial charge in [0.1, 0.15) is 0 Å². The maximum Gasteiger partial charge on any atom is 0.317 e. The van der Waals surface area contributed by atoms with Crippen LogP contribution < -0.4 is 16.4 Å². The van der Waals surface area contributed by atoms with Crippen molar-refractivity contribution in [1.82, 2.24) is 10.6 Å². The van der Waals surface area contributed by atoms with Crippen LogP contribution in [0.1, 0.15) is 26.7 Å². The Morgan fingerprint density at radius 3 is 1.53 bits per heavy atom. The number of rotatable bonds is 10. The van der Waals surface area contributed by atoms with Crippen LogP contribution in [0.2, 0.25) is 0 Å². The molecule has 0 unspecified atom stereocenters. The molecule has 0 spiro atoms. The summed E-state index contributed by atoms with van der Waals surface area (Å²) in [5.74, 6) is -0.968. The smallest absolute Gasteiger partial charge is 0.317 e. The second-order valence-corrected chi connectivity index (χ2v) is 4.08. The number of aliphatic hydroxyl groups excluding tert-OH is 2. The quantitative estimate of drug-likeness (QED) is 0.275. The van der Waals surface area contributed by atoms with E-state index >= 15 is 0 Å². The van der Waals surface area contributed by atoms with E-state index in [9.17, 15) is 4.79 Å². The molecule has 116 valence electrons. The van der Waals surface area contributed by atoms with Gasteiger partial charge in [-0.2, -0.15) is 0 Å². The molecule has 0 aliphatic rings. The Hall–Kier alpha value is -0.730. The fourth-order valence-corrected chi connectivity index (χ4v) is 1.23. The molecular formula is C12H29N3O4. The van der Waals surface area contributed by atoms with Crippen LogP contribution in [0.5, 0.6) is 0 Å². The third-order valence-electron chi connectivity index (χ3n) is 2.59. The average Bonchev–Trinajstić information content (AvgIpc) is 2.44. The molecule has 0 fully saturated rings. The van der Waals surface area contributed by atoms with Crippen molar-refractivity contribution < 1.29 is 20.1 Å². The number of nitrogens with one attached hydrogen (secondary N) is 2. The first kappa shape index (κ1) is 20.6. The standard InChI is InChI=1S/C10H24N2O2.C2H5NO2/c1-3-9(7-13)11-5-6-12-10(4-2)8-14;3-1-2(4)5/h9-14H,3-8H2,1-2H3;1,3H2,(H,4,5)/t9-,10-;/m0./s1. The molecule has 0 aromatic carbocycles. The number of hydrogen-bond donors (Lipinski definition) is 6. The minimum absolute atomic E-state index is 0.188. The van der Waals surface area contributed by atoms with Gasteiger partial charge in [-0.25, -0.2) is 0 Å². The Balaban J connectivity index is 0. The van der Waals surface area contributed by atoms with Gasteiger partial charge in [0.05, 0.1) is 19.8 Å². The average molecular weight is 279 g/mol. The molecule has 19 heavy (non-hydrogen) atoms. The van der Waals surface area contributed by atoms with Crippen LogP contribution in [0.4, 0.5) is 0 Å². The summed E-state index contributed by atoms with van der Waals surface area (Å²) in [6.07, 6.45) is 1.88. The summed E-state index contributed by atoms with van der Waals surface area (Å²) in [4.78, 5) is 9.24. The van der Waals surface area contributed by atoms with E-state index in [-0.39, 0.29) is 31.8 Å². The largest absolute Gasteiger partial charge is 0.480 e. The molecule has 0 saturated carbocycles. The molecule has 0 amide bonds. The van der Waals surface area contributed by atoms with Gasteiger partial charge in [-0.15, -0.1) is 0 Å². The molecule has 0 aromatic heterocycles. The molecule has 0 radical (unpaired) electrons. The van der Waals surface area contributed by atoms with Gasteiger partial charge in [0.2, 0.25) is 0 Å². The molecule has 0 heterocycles. The maximum absolute atomic E-state index is 9.24. The maximum atomic E-state index is 9.24. The minimum atomic E-state index is -0.968. The second kappa shape index (κ2) is 15.3. The lowest BCUT2D eigenvalue weighted by atomic mass is 10.2. The lowest BCUT2D eigenvalue weighted by Gasteiger charge is -2.17. The van der Waals surface area contributed by atoms with Crippen molar-refractivity contribution in [3.05, 3.63) is 0 Å². The van der Waals surface area contributed by atoms with Gasteiger partial charge < -0.3 is 31.7 Å². The first-order valence-electron chi connectivity index (χ1n) is 6.65. The molecule has 7 heteroatoms. The normalized spacial score (nSPS) is 13.3. The Kier molecular flexibility index (Phi) is 16.6. The van der Waals surface area contributed by atoms with E-state index in [1.807, 2.05) is 13.8 Å². The van der Waals surface area contributed by atoms with Gasteiger partial charge in [-0.1, -0.05) is 13.8 Å². The van der Waals surface area contributed by atoms with Gasteiger partial charge >= 0.3 is 5.97 Å². The SMILES string of the molecule is CC[C@@H](CO)NCCN[C@@H](CC)CO.NCC(=O)O. The van der Waals surface area contributed by atoms with Crippen molar-refractivity contribution >= 4 is 5.97 Å². The van der Waals surface area contributed by atoms with E-state index in [0.717, 1.165) is 25.9 Å². The fraction of sp³-hybridized carbons (Fsp3) is 0.917. The number of aliphatic hydroxyl groups is 2. The van der Waals surface area contributed by atoms with E-state index in [1.54, 1.807) is 0 Å². The van der Waals surface area contributed by atoms with Gasteiger partial charge in [-0.3, -0.25) is 4.79 Å². The number of nitrogens with two attached hydrogens (primary N) is 1. The highest BCUT2D eigenvalue weighted by atomic mass is 16.4. The number of aliphatic carboxylic acids is 1. The van der Waals surface area contributed by atoms with E-state index in [1.165, 1.54) is 0 Å². The zero-order valence-corrected chi connectivity index (χ0v) is 11.9. The molecule has 2 atom stereocenters. The van der Waals surface area contributed by atoms with E-state index in [0.29, 0.717) is 0 Å². The molecule has 7 N–H and O–H groups in total.